The molecule has 0 aliphatic carbocycles. The summed E-state index contributed by atoms with van der Waals surface area (Å²) in [6.45, 7) is 0.0426. The average molecular weight is 321 g/mol. The second kappa shape index (κ2) is 6.80. The highest BCUT2D eigenvalue weighted by Gasteiger charge is 2.14. The molecule has 2 aromatic carbocycles. The van der Waals surface area contributed by atoms with Gasteiger partial charge in [0.15, 0.2) is 0 Å². The highest BCUT2D eigenvalue weighted by molar-refractivity contribution is 5.87. The predicted octanol–water partition coefficient (Wildman–Crippen LogP) is 4.31. The van der Waals surface area contributed by atoms with Gasteiger partial charge in [0, 0.05) is 5.56 Å². The molecule has 0 N–H and O–H groups in total. The number of carbonyl (C=O) groups is 1. The van der Waals surface area contributed by atoms with Crippen LogP contribution in [-0.4, -0.2) is 5.97 Å². The quantitative estimate of drug-likeness (QED) is 0.672. The minimum atomic E-state index is -0.606. The molecule has 5 heteroatoms. The number of rotatable bonds is 4. The highest BCUT2D eigenvalue weighted by Crippen LogP contribution is 2.23. The number of carbonyl (C=O) groups excluding carboxylic acids is 1. The normalized spacial score (nSPS) is 10.2. The van der Waals surface area contributed by atoms with Gasteiger partial charge in [-0.15, -0.1) is 0 Å². The zero-order valence-electron chi connectivity index (χ0n) is 12.5. The summed E-state index contributed by atoms with van der Waals surface area (Å²) in [5, 5.41) is 8.85. The largest absolute Gasteiger partial charge is 0.455 e. The molecule has 0 saturated carbocycles. The summed E-state index contributed by atoms with van der Waals surface area (Å²) in [5.41, 5.74) is 1.88. The Morgan fingerprint density at radius 1 is 1.12 bits per heavy atom. The Morgan fingerprint density at radius 2 is 1.92 bits per heavy atom. The predicted molar refractivity (Wildman–Crippen MR) is 84.4 cm³/mol. The first kappa shape index (κ1) is 15.5. The number of hydrogen-bond acceptors (Lipinski definition) is 4. The smallest absolute Gasteiger partial charge is 0.374 e. The summed E-state index contributed by atoms with van der Waals surface area (Å²) in [7, 11) is 0. The first-order valence-electron chi connectivity index (χ1n) is 7.17. The van der Waals surface area contributed by atoms with E-state index in [1.807, 2.05) is 6.07 Å². The number of halogens is 1. The van der Waals surface area contributed by atoms with E-state index in [4.69, 9.17) is 14.4 Å². The molecule has 0 atom stereocenters. The summed E-state index contributed by atoms with van der Waals surface area (Å²) in [4.78, 5) is 12.0. The molecule has 0 fully saturated rings. The van der Waals surface area contributed by atoms with Crippen LogP contribution < -0.4 is 0 Å². The Labute approximate surface area is 137 Å². The molecule has 0 bridgehead atoms. The second-order valence-electron chi connectivity index (χ2n) is 5.06. The van der Waals surface area contributed by atoms with Gasteiger partial charge in [0.25, 0.3) is 0 Å². The zero-order valence-corrected chi connectivity index (χ0v) is 12.5. The van der Waals surface area contributed by atoms with Crippen LogP contribution in [0.15, 0.2) is 65.1 Å². The van der Waals surface area contributed by atoms with E-state index >= 15 is 0 Å². The van der Waals surface area contributed by atoms with Gasteiger partial charge in [0.2, 0.25) is 5.76 Å². The second-order valence-corrected chi connectivity index (χ2v) is 5.06. The molecule has 0 unspecified atom stereocenters. The van der Waals surface area contributed by atoms with Crippen molar-refractivity contribution in [3.8, 4) is 17.4 Å². The van der Waals surface area contributed by atoms with Gasteiger partial charge < -0.3 is 9.15 Å². The topological polar surface area (TPSA) is 63.2 Å². The van der Waals surface area contributed by atoms with Gasteiger partial charge >= 0.3 is 5.97 Å². The lowest BCUT2D eigenvalue weighted by atomic mass is 10.1. The number of nitriles is 1. The van der Waals surface area contributed by atoms with Crippen molar-refractivity contribution in [1.29, 1.82) is 5.26 Å². The molecule has 24 heavy (non-hydrogen) atoms. The van der Waals surface area contributed by atoms with Crippen molar-refractivity contribution >= 4 is 5.97 Å². The van der Waals surface area contributed by atoms with Crippen molar-refractivity contribution in [2.24, 2.45) is 0 Å². The third-order valence-electron chi connectivity index (χ3n) is 3.36. The summed E-state index contributed by atoms with van der Waals surface area (Å²) in [6, 6.07) is 17.7. The standard InChI is InChI=1S/C19H12FNO3/c20-16-6-4-15(5-7-16)17-8-9-18(24-17)19(22)23-12-14-3-1-2-13(10-14)11-21/h1-10H,12H2. The van der Waals surface area contributed by atoms with E-state index < -0.39 is 5.97 Å². The van der Waals surface area contributed by atoms with Gasteiger partial charge in [-0.1, -0.05) is 12.1 Å². The van der Waals surface area contributed by atoms with E-state index in [0.717, 1.165) is 0 Å². The van der Waals surface area contributed by atoms with E-state index in [0.29, 0.717) is 22.5 Å². The lowest BCUT2D eigenvalue weighted by molar-refractivity contribution is 0.0437. The molecule has 0 amide bonds. The van der Waals surface area contributed by atoms with Crippen molar-refractivity contribution in [2.45, 2.75) is 6.61 Å². The third kappa shape index (κ3) is 3.50. The van der Waals surface area contributed by atoms with E-state index in [9.17, 15) is 9.18 Å². The maximum Gasteiger partial charge on any atom is 0.374 e. The molecular formula is C19H12FNO3. The third-order valence-corrected chi connectivity index (χ3v) is 3.36. The Morgan fingerprint density at radius 3 is 2.67 bits per heavy atom. The van der Waals surface area contributed by atoms with E-state index in [1.54, 1.807) is 42.5 Å². The molecule has 0 radical (unpaired) electrons. The summed E-state index contributed by atoms with van der Waals surface area (Å²) >= 11 is 0. The van der Waals surface area contributed by atoms with Crippen molar-refractivity contribution < 1.29 is 18.3 Å². The Kier molecular flexibility index (Phi) is 4.39. The first-order valence-corrected chi connectivity index (χ1v) is 7.17. The van der Waals surface area contributed by atoms with E-state index in [2.05, 4.69) is 0 Å². The van der Waals surface area contributed by atoms with Crippen LogP contribution >= 0.6 is 0 Å². The minimum Gasteiger partial charge on any atom is -0.455 e. The molecule has 1 aromatic heterocycles. The van der Waals surface area contributed by atoms with E-state index in [-0.39, 0.29) is 18.2 Å². The SMILES string of the molecule is N#Cc1cccc(COC(=O)c2ccc(-c3ccc(F)cc3)o2)c1. The fraction of sp³-hybridized carbons (Fsp3) is 0.0526. The molecule has 4 nitrogen and oxygen atoms in total. The molecule has 0 spiro atoms. The fourth-order valence-corrected chi connectivity index (χ4v) is 2.17. The summed E-state index contributed by atoms with van der Waals surface area (Å²) in [6.07, 6.45) is 0. The molecule has 3 aromatic rings. The number of furan rings is 1. The fourth-order valence-electron chi connectivity index (χ4n) is 2.17. The van der Waals surface area contributed by atoms with Crippen LogP contribution in [0.1, 0.15) is 21.7 Å². The van der Waals surface area contributed by atoms with Gasteiger partial charge in [-0.25, -0.2) is 9.18 Å². The van der Waals surface area contributed by atoms with Crippen LogP contribution in [0, 0.1) is 17.1 Å². The molecule has 0 aliphatic rings. The van der Waals surface area contributed by atoms with Crippen LogP contribution in [-0.2, 0) is 11.3 Å². The van der Waals surface area contributed by atoms with Crippen molar-refractivity contribution in [1.82, 2.24) is 0 Å². The number of nitrogens with zero attached hydrogens (tertiary/aromatic N) is 1. The molecule has 118 valence electrons. The molecular weight excluding hydrogens is 309 g/mol. The van der Waals surface area contributed by atoms with Crippen molar-refractivity contribution in [3.05, 3.63) is 83.4 Å². The number of esters is 1. The van der Waals surface area contributed by atoms with Gasteiger partial charge in [-0.3, -0.25) is 0 Å². The van der Waals surface area contributed by atoms with Crippen molar-refractivity contribution in [3.63, 3.8) is 0 Å². The zero-order chi connectivity index (χ0) is 16.9. The van der Waals surface area contributed by atoms with E-state index in [1.165, 1.54) is 18.2 Å². The van der Waals surface area contributed by atoms with Gasteiger partial charge in [-0.05, 0) is 54.1 Å². The van der Waals surface area contributed by atoms with Crippen LogP contribution in [0.25, 0.3) is 11.3 Å². The Balaban J connectivity index is 1.67. The summed E-state index contributed by atoms with van der Waals surface area (Å²) in [5.74, 6) is -0.436. The number of hydrogen-bond donors (Lipinski definition) is 0. The van der Waals surface area contributed by atoms with Crippen LogP contribution in [0.2, 0.25) is 0 Å². The average Bonchev–Trinajstić information content (AvgIpc) is 3.10. The molecule has 0 aliphatic heterocycles. The Hall–Kier alpha value is -3.39. The van der Waals surface area contributed by atoms with Crippen LogP contribution in [0.4, 0.5) is 4.39 Å². The number of benzene rings is 2. The molecule has 0 saturated heterocycles. The van der Waals surface area contributed by atoms with Gasteiger partial charge in [0.05, 0.1) is 11.6 Å². The maximum atomic E-state index is 12.9. The minimum absolute atomic E-state index is 0.0426. The number of ether oxygens (including phenoxy) is 1. The lowest BCUT2D eigenvalue weighted by Gasteiger charge is -2.03. The molecule has 3 rings (SSSR count). The van der Waals surface area contributed by atoms with Crippen LogP contribution in [0.5, 0.6) is 0 Å². The molecule has 1 heterocycles. The lowest BCUT2D eigenvalue weighted by Crippen LogP contribution is -2.04. The highest BCUT2D eigenvalue weighted by atomic mass is 19.1. The first-order chi connectivity index (χ1) is 11.7. The Bertz CT molecular complexity index is 907. The van der Waals surface area contributed by atoms with Crippen LogP contribution in [0.3, 0.4) is 0 Å². The van der Waals surface area contributed by atoms with Crippen molar-refractivity contribution in [2.75, 3.05) is 0 Å². The monoisotopic (exact) mass is 321 g/mol. The summed E-state index contributed by atoms with van der Waals surface area (Å²) < 4.78 is 23.6. The van der Waals surface area contributed by atoms with Gasteiger partial charge in [-0.2, -0.15) is 5.26 Å². The van der Waals surface area contributed by atoms with Gasteiger partial charge in [0.1, 0.15) is 18.2 Å². The maximum absolute atomic E-state index is 12.9.